The zero-order valence-corrected chi connectivity index (χ0v) is 17.9. The Labute approximate surface area is 173 Å². The molecule has 0 aliphatic heterocycles. The molecule has 1 amide bonds. The lowest BCUT2D eigenvalue weighted by Crippen LogP contribution is -2.36. The van der Waals surface area contributed by atoms with Gasteiger partial charge in [0.05, 0.1) is 12.5 Å². The molecule has 1 unspecified atom stereocenters. The number of carbonyl (C=O) groups is 1. The van der Waals surface area contributed by atoms with Crippen LogP contribution in [0.15, 0.2) is 48.5 Å². The Balaban J connectivity index is 1.91. The van der Waals surface area contributed by atoms with Gasteiger partial charge in [0, 0.05) is 11.8 Å². The van der Waals surface area contributed by atoms with Crippen LogP contribution in [0.25, 0.3) is 0 Å². The first-order valence-electron chi connectivity index (χ1n) is 9.82. The molecule has 0 fully saturated rings. The smallest absolute Gasteiger partial charge is 0.233 e. The molecule has 2 aromatic rings. The van der Waals surface area contributed by atoms with Gasteiger partial charge < -0.3 is 15.4 Å². The second kappa shape index (κ2) is 10.8. The second-order valence-corrected chi connectivity index (χ2v) is 7.79. The summed E-state index contributed by atoms with van der Waals surface area (Å²) in [7, 11) is 0. The van der Waals surface area contributed by atoms with Crippen LogP contribution in [-0.4, -0.2) is 17.6 Å². The van der Waals surface area contributed by atoms with Crippen molar-refractivity contribution in [3.8, 4) is 5.75 Å². The van der Waals surface area contributed by atoms with Gasteiger partial charge in [0.1, 0.15) is 5.75 Å². The molecular weight excluding hydrogens is 368 g/mol. The molecule has 0 aliphatic rings. The molecule has 0 spiro atoms. The molecule has 0 aliphatic carbocycles. The van der Waals surface area contributed by atoms with E-state index in [-0.39, 0.29) is 16.9 Å². The van der Waals surface area contributed by atoms with E-state index in [1.54, 1.807) is 0 Å². The van der Waals surface area contributed by atoms with Gasteiger partial charge in [-0.2, -0.15) is 0 Å². The SMILES string of the molecule is CCCOc1cccc(NC(=S)NC(=O)C(C)c2ccc(CC(C)C)cc2)c1. The summed E-state index contributed by atoms with van der Waals surface area (Å²) in [6, 6.07) is 15.8. The van der Waals surface area contributed by atoms with E-state index < -0.39 is 0 Å². The molecule has 4 nitrogen and oxygen atoms in total. The van der Waals surface area contributed by atoms with Crippen LogP contribution in [0.2, 0.25) is 0 Å². The van der Waals surface area contributed by atoms with Gasteiger partial charge >= 0.3 is 0 Å². The minimum absolute atomic E-state index is 0.132. The van der Waals surface area contributed by atoms with E-state index in [0.29, 0.717) is 12.5 Å². The summed E-state index contributed by atoms with van der Waals surface area (Å²) in [6.45, 7) is 9.01. The maximum atomic E-state index is 12.6. The van der Waals surface area contributed by atoms with Gasteiger partial charge in [-0.1, -0.05) is 51.1 Å². The maximum Gasteiger partial charge on any atom is 0.233 e. The second-order valence-electron chi connectivity index (χ2n) is 7.38. The van der Waals surface area contributed by atoms with Gasteiger partial charge in [-0.05, 0) is 61.2 Å². The van der Waals surface area contributed by atoms with Crippen LogP contribution in [0.4, 0.5) is 5.69 Å². The Morgan fingerprint density at radius 2 is 1.82 bits per heavy atom. The molecule has 2 rings (SSSR count). The van der Waals surface area contributed by atoms with Gasteiger partial charge in [-0.25, -0.2) is 0 Å². The highest BCUT2D eigenvalue weighted by Crippen LogP contribution is 2.19. The number of benzene rings is 2. The number of anilines is 1. The molecule has 150 valence electrons. The van der Waals surface area contributed by atoms with Crippen molar-refractivity contribution >= 4 is 28.9 Å². The number of rotatable bonds is 8. The van der Waals surface area contributed by atoms with Gasteiger partial charge in [-0.15, -0.1) is 0 Å². The molecule has 2 aromatic carbocycles. The molecule has 0 radical (unpaired) electrons. The van der Waals surface area contributed by atoms with Crippen molar-refractivity contribution < 1.29 is 9.53 Å². The van der Waals surface area contributed by atoms with Crippen molar-refractivity contribution in [1.29, 1.82) is 0 Å². The minimum atomic E-state index is -0.285. The summed E-state index contributed by atoms with van der Waals surface area (Å²) >= 11 is 5.30. The van der Waals surface area contributed by atoms with Crippen LogP contribution < -0.4 is 15.4 Å². The van der Waals surface area contributed by atoms with Gasteiger partial charge in [0.25, 0.3) is 0 Å². The number of nitrogens with one attached hydrogen (secondary N) is 2. The van der Waals surface area contributed by atoms with Crippen molar-refractivity contribution in [2.24, 2.45) is 5.92 Å². The van der Waals surface area contributed by atoms with E-state index in [1.807, 2.05) is 43.3 Å². The Morgan fingerprint density at radius 3 is 2.46 bits per heavy atom. The van der Waals surface area contributed by atoms with Gasteiger partial charge in [0.15, 0.2) is 5.11 Å². The average molecular weight is 399 g/mol. The Morgan fingerprint density at radius 1 is 1.11 bits per heavy atom. The fourth-order valence-corrected chi connectivity index (χ4v) is 3.05. The lowest BCUT2D eigenvalue weighted by atomic mass is 9.96. The van der Waals surface area contributed by atoms with Crippen LogP contribution in [0.3, 0.4) is 0 Å². The largest absolute Gasteiger partial charge is 0.494 e. The average Bonchev–Trinajstić information content (AvgIpc) is 2.66. The van der Waals surface area contributed by atoms with Crippen LogP contribution >= 0.6 is 12.2 Å². The van der Waals surface area contributed by atoms with Gasteiger partial charge in [0.2, 0.25) is 5.91 Å². The van der Waals surface area contributed by atoms with E-state index in [1.165, 1.54) is 5.56 Å². The van der Waals surface area contributed by atoms with Crippen LogP contribution in [0.5, 0.6) is 5.75 Å². The third kappa shape index (κ3) is 6.97. The van der Waals surface area contributed by atoms with Crippen molar-refractivity contribution in [2.75, 3.05) is 11.9 Å². The Kier molecular flexibility index (Phi) is 8.45. The lowest BCUT2D eigenvalue weighted by Gasteiger charge is -2.15. The zero-order valence-electron chi connectivity index (χ0n) is 17.1. The highest BCUT2D eigenvalue weighted by molar-refractivity contribution is 7.80. The molecule has 0 bridgehead atoms. The van der Waals surface area contributed by atoms with Crippen molar-refractivity contribution in [3.05, 3.63) is 59.7 Å². The quantitative estimate of drug-likeness (QED) is 0.593. The topological polar surface area (TPSA) is 50.4 Å². The third-order valence-electron chi connectivity index (χ3n) is 4.32. The van der Waals surface area contributed by atoms with Crippen molar-refractivity contribution in [1.82, 2.24) is 5.32 Å². The summed E-state index contributed by atoms with van der Waals surface area (Å²) in [6.07, 6.45) is 1.98. The fourth-order valence-electron chi connectivity index (χ4n) is 2.83. The van der Waals surface area contributed by atoms with E-state index in [0.717, 1.165) is 29.8 Å². The minimum Gasteiger partial charge on any atom is -0.494 e. The number of hydrogen-bond donors (Lipinski definition) is 2. The number of amides is 1. The summed E-state index contributed by atoms with van der Waals surface area (Å²) in [5.74, 6) is 0.969. The Hall–Kier alpha value is -2.40. The van der Waals surface area contributed by atoms with Crippen LogP contribution in [0.1, 0.15) is 51.2 Å². The number of carbonyl (C=O) groups excluding carboxylic acids is 1. The predicted octanol–water partition coefficient (Wildman–Crippen LogP) is 5.29. The predicted molar refractivity (Wildman–Crippen MR) is 120 cm³/mol. The molecule has 0 heterocycles. The maximum absolute atomic E-state index is 12.6. The van der Waals surface area contributed by atoms with E-state index in [4.69, 9.17) is 17.0 Å². The van der Waals surface area contributed by atoms with Crippen molar-refractivity contribution in [2.45, 2.75) is 46.5 Å². The molecule has 28 heavy (non-hydrogen) atoms. The third-order valence-corrected chi connectivity index (χ3v) is 4.52. The molecule has 0 saturated carbocycles. The highest BCUT2D eigenvalue weighted by Gasteiger charge is 2.16. The number of ether oxygens (including phenoxy) is 1. The summed E-state index contributed by atoms with van der Waals surface area (Å²) in [5, 5.41) is 6.10. The summed E-state index contributed by atoms with van der Waals surface area (Å²) in [4.78, 5) is 12.6. The highest BCUT2D eigenvalue weighted by atomic mass is 32.1. The molecule has 5 heteroatoms. The Bertz CT molecular complexity index is 787. The number of thiocarbonyl (C=S) groups is 1. The van der Waals surface area contributed by atoms with E-state index >= 15 is 0 Å². The first-order chi connectivity index (χ1) is 13.4. The standard InChI is InChI=1S/C23H30N2O2S/c1-5-13-27-21-8-6-7-20(15-21)24-23(28)25-22(26)17(4)19-11-9-18(10-12-19)14-16(2)3/h6-12,15-17H,5,13-14H2,1-4H3,(H2,24,25,26,28). The van der Waals surface area contributed by atoms with Crippen LogP contribution in [0, 0.1) is 5.92 Å². The first kappa shape index (κ1) is 21.9. The molecule has 0 saturated heterocycles. The van der Waals surface area contributed by atoms with E-state index in [2.05, 4.69) is 43.5 Å². The lowest BCUT2D eigenvalue weighted by molar-refractivity contribution is -0.120. The molecule has 2 N–H and O–H groups in total. The number of hydrogen-bond acceptors (Lipinski definition) is 3. The molecule has 1 atom stereocenters. The van der Waals surface area contributed by atoms with E-state index in [9.17, 15) is 4.79 Å². The summed E-state index contributed by atoms with van der Waals surface area (Å²) in [5.41, 5.74) is 3.04. The van der Waals surface area contributed by atoms with Crippen molar-refractivity contribution in [3.63, 3.8) is 0 Å². The van der Waals surface area contributed by atoms with Gasteiger partial charge in [-0.3, -0.25) is 4.79 Å². The fraction of sp³-hybridized carbons (Fsp3) is 0.391. The molecular formula is C23H30N2O2S. The monoisotopic (exact) mass is 398 g/mol. The summed E-state index contributed by atoms with van der Waals surface area (Å²) < 4.78 is 5.62. The zero-order chi connectivity index (χ0) is 20.5. The van der Waals surface area contributed by atoms with Crippen LogP contribution in [-0.2, 0) is 11.2 Å². The molecule has 0 aromatic heterocycles. The normalized spacial score (nSPS) is 11.8. The first-order valence-corrected chi connectivity index (χ1v) is 10.2.